The molecule has 0 saturated heterocycles. The molecule has 0 saturated carbocycles. The van der Waals surface area contributed by atoms with Crippen molar-refractivity contribution in [2.75, 3.05) is 0 Å². The van der Waals surface area contributed by atoms with Gasteiger partial charge < -0.3 is 0 Å². The molecule has 0 aliphatic carbocycles. The first-order valence-electron chi connectivity index (χ1n) is 5.82. The minimum absolute atomic E-state index is 0.135. The average molecular weight is 230 g/mol. The Labute approximate surface area is 103 Å². The number of carbonyl (C=O) groups excluding carboxylic acids is 1. The fourth-order valence-corrected chi connectivity index (χ4v) is 1.55. The van der Waals surface area contributed by atoms with E-state index >= 15 is 0 Å². The highest BCUT2D eigenvalue weighted by Gasteiger charge is 2.08. The summed E-state index contributed by atoms with van der Waals surface area (Å²) in [6.07, 6.45) is 7.86. The van der Waals surface area contributed by atoms with Gasteiger partial charge in [-0.1, -0.05) is 31.5 Å². The number of amides is 1. The van der Waals surface area contributed by atoms with E-state index in [0.29, 0.717) is 12.0 Å². The summed E-state index contributed by atoms with van der Waals surface area (Å²) < 4.78 is 0. The Morgan fingerprint density at radius 2 is 2.12 bits per heavy atom. The van der Waals surface area contributed by atoms with Crippen LogP contribution < -0.4 is 10.9 Å². The number of hydrazine groups is 1. The van der Waals surface area contributed by atoms with E-state index in [1.54, 1.807) is 12.1 Å². The molecule has 2 N–H and O–H groups in total. The Morgan fingerprint density at radius 3 is 2.71 bits per heavy atom. The molecule has 1 atom stereocenters. The van der Waals surface area contributed by atoms with Crippen molar-refractivity contribution < 1.29 is 4.79 Å². The zero-order valence-electron chi connectivity index (χ0n) is 10.1. The lowest BCUT2D eigenvalue weighted by atomic mass is 10.1. The third kappa shape index (κ3) is 4.71. The van der Waals surface area contributed by atoms with Gasteiger partial charge in [0, 0.05) is 18.0 Å². The van der Waals surface area contributed by atoms with E-state index in [4.69, 9.17) is 6.42 Å². The van der Waals surface area contributed by atoms with Crippen LogP contribution in [0.5, 0.6) is 0 Å². The van der Waals surface area contributed by atoms with E-state index in [1.165, 1.54) is 0 Å². The van der Waals surface area contributed by atoms with Crippen molar-refractivity contribution in [1.29, 1.82) is 0 Å². The molecule has 17 heavy (non-hydrogen) atoms. The molecule has 0 bridgehead atoms. The zero-order chi connectivity index (χ0) is 12.5. The van der Waals surface area contributed by atoms with Crippen molar-refractivity contribution in [3.63, 3.8) is 0 Å². The minimum atomic E-state index is -0.135. The Balaban J connectivity index is 2.44. The standard InChI is InChI=1S/C14H18N2O/c1-3-8-13(9-4-2)15-16-14(17)12-10-6-5-7-11-12/h1,5-7,10-11,13,15H,4,8-9H2,2H3,(H,16,17). The molecule has 90 valence electrons. The highest BCUT2D eigenvalue weighted by Crippen LogP contribution is 2.01. The summed E-state index contributed by atoms with van der Waals surface area (Å²) in [5.74, 6) is 2.47. The van der Waals surface area contributed by atoms with Gasteiger partial charge in [0.15, 0.2) is 0 Å². The molecule has 0 aliphatic rings. The number of hydrogen-bond acceptors (Lipinski definition) is 2. The van der Waals surface area contributed by atoms with Gasteiger partial charge in [-0.05, 0) is 18.6 Å². The highest BCUT2D eigenvalue weighted by molar-refractivity contribution is 5.93. The van der Waals surface area contributed by atoms with Crippen molar-refractivity contribution in [3.8, 4) is 12.3 Å². The van der Waals surface area contributed by atoms with Crippen LogP contribution in [0.15, 0.2) is 30.3 Å². The summed E-state index contributed by atoms with van der Waals surface area (Å²) in [6, 6.07) is 9.22. The fourth-order valence-electron chi connectivity index (χ4n) is 1.55. The molecule has 1 amide bonds. The van der Waals surface area contributed by atoms with Gasteiger partial charge in [0.25, 0.3) is 5.91 Å². The van der Waals surface area contributed by atoms with Gasteiger partial charge in [0.1, 0.15) is 0 Å². The maximum atomic E-state index is 11.7. The van der Waals surface area contributed by atoms with Crippen molar-refractivity contribution in [2.45, 2.75) is 32.2 Å². The van der Waals surface area contributed by atoms with Gasteiger partial charge in [-0.3, -0.25) is 10.2 Å². The second kappa shape index (κ2) is 7.48. The van der Waals surface area contributed by atoms with E-state index in [0.717, 1.165) is 12.8 Å². The molecule has 0 spiro atoms. The molecular weight excluding hydrogens is 212 g/mol. The molecule has 0 heterocycles. The van der Waals surface area contributed by atoms with Gasteiger partial charge in [-0.2, -0.15) is 0 Å². The summed E-state index contributed by atoms with van der Waals surface area (Å²) in [4.78, 5) is 11.7. The number of nitrogens with one attached hydrogen (secondary N) is 2. The fraction of sp³-hybridized carbons (Fsp3) is 0.357. The van der Waals surface area contributed by atoms with Crippen LogP contribution in [0.1, 0.15) is 36.5 Å². The molecule has 3 heteroatoms. The third-order valence-corrected chi connectivity index (χ3v) is 2.43. The molecule has 0 aromatic heterocycles. The molecule has 0 fully saturated rings. The van der Waals surface area contributed by atoms with E-state index in [-0.39, 0.29) is 11.9 Å². The maximum Gasteiger partial charge on any atom is 0.265 e. The van der Waals surface area contributed by atoms with Gasteiger partial charge in [-0.15, -0.1) is 12.3 Å². The Kier molecular flexibility index (Phi) is 5.84. The van der Waals surface area contributed by atoms with Gasteiger partial charge in [0.2, 0.25) is 0 Å². The van der Waals surface area contributed by atoms with E-state index in [1.807, 2.05) is 18.2 Å². The van der Waals surface area contributed by atoms with E-state index in [9.17, 15) is 4.79 Å². The molecule has 1 rings (SSSR count). The zero-order valence-corrected chi connectivity index (χ0v) is 10.1. The summed E-state index contributed by atoms with van der Waals surface area (Å²) >= 11 is 0. The number of carbonyl (C=O) groups is 1. The number of terminal acetylenes is 1. The highest BCUT2D eigenvalue weighted by atomic mass is 16.2. The second-order valence-electron chi connectivity index (χ2n) is 3.86. The first kappa shape index (κ1) is 13.3. The number of rotatable bonds is 6. The van der Waals surface area contributed by atoms with Crippen molar-refractivity contribution >= 4 is 5.91 Å². The molecule has 1 unspecified atom stereocenters. The van der Waals surface area contributed by atoms with Crippen LogP contribution in [0, 0.1) is 12.3 Å². The third-order valence-electron chi connectivity index (χ3n) is 2.43. The lowest BCUT2D eigenvalue weighted by molar-refractivity contribution is 0.0924. The summed E-state index contributed by atoms with van der Waals surface area (Å²) in [5, 5.41) is 0. The first-order chi connectivity index (χ1) is 8.27. The van der Waals surface area contributed by atoms with Crippen LogP contribution in [0.3, 0.4) is 0 Å². The predicted octanol–water partition coefficient (Wildman–Crippen LogP) is 2.11. The second-order valence-corrected chi connectivity index (χ2v) is 3.86. The molecule has 1 aromatic rings. The Morgan fingerprint density at radius 1 is 1.41 bits per heavy atom. The number of benzene rings is 1. The Hall–Kier alpha value is -1.79. The molecule has 1 aromatic carbocycles. The largest absolute Gasteiger partial charge is 0.287 e. The maximum absolute atomic E-state index is 11.7. The van der Waals surface area contributed by atoms with Gasteiger partial charge in [-0.25, -0.2) is 5.43 Å². The topological polar surface area (TPSA) is 41.1 Å². The molecular formula is C14H18N2O. The first-order valence-corrected chi connectivity index (χ1v) is 5.82. The molecule has 0 radical (unpaired) electrons. The van der Waals surface area contributed by atoms with Crippen LogP contribution in [-0.4, -0.2) is 11.9 Å². The smallest absolute Gasteiger partial charge is 0.265 e. The van der Waals surface area contributed by atoms with Crippen LogP contribution in [0.2, 0.25) is 0 Å². The normalized spacial score (nSPS) is 11.5. The van der Waals surface area contributed by atoms with E-state index < -0.39 is 0 Å². The van der Waals surface area contributed by atoms with Crippen LogP contribution in [0.4, 0.5) is 0 Å². The van der Waals surface area contributed by atoms with E-state index in [2.05, 4.69) is 23.7 Å². The average Bonchev–Trinajstić information content (AvgIpc) is 2.37. The predicted molar refractivity (Wildman–Crippen MR) is 69.2 cm³/mol. The summed E-state index contributed by atoms with van der Waals surface area (Å²) in [6.45, 7) is 2.09. The molecule has 3 nitrogen and oxygen atoms in total. The van der Waals surface area contributed by atoms with Crippen LogP contribution in [-0.2, 0) is 0 Å². The Bertz CT molecular complexity index is 381. The summed E-state index contributed by atoms with van der Waals surface area (Å²) in [7, 11) is 0. The van der Waals surface area contributed by atoms with Crippen molar-refractivity contribution in [1.82, 2.24) is 10.9 Å². The van der Waals surface area contributed by atoms with Crippen LogP contribution >= 0.6 is 0 Å². The van der Waals surface area contributed by atoms with Gasteiger partial charge >= 0.3 is 0 Å². The van der Waals surface area contributed by atoms with Crippen molar-refractivity contribution in [3.05, 3.63) is 35.9 Å². The monoisotopic (exact) mass is 230 g/mol. The SMILES string of the molecule is C#CCC(CCC)NNC(=O)c1ccccc1. The van der Waals surface area contributed by atoms with Gasteiger partial charge in [0.05, 0.1) is 0 Å². The lowest BCUT2D eigenvalue weighted by Gasteiger charge is -2.16. The quantitative estimate of drug-likeness (QED) is 0.580. The summed E-state index contributed by atoms with van der Waals surface area (Å²) in [5.41, 5.74) is 6.30. The number of hydrogen-bond donors (Lipinski definition) is 2. The van der Waals surface area contributed by atoms with Crippen molar-refractivity contribution in [2.24, 2.45) is 0 Å². The molecule has 0 aliphatic heterocycles. The minimum Gasteiger partial charge on any atom is -0.287 e. The lowest BCUT2D eigenvalue weighted by Crippen LogP contribution is -2.44. The van der Waals surface area contributed by atoms with Crippen LogP contribution in [0.25, 0.3) is 0 Å².